The van der Waals surface area contributed by atoms with Crippen LogP contribution >= 0.6 is 0 Å². The van der Waals surface area contributed by atoms with Gasteiger partial charge in [-0.05, 0) is 0 Å². The van der Waals surface area contributed by atoms with E-state index in [1.165, 1.54) is 0 Å². The second kappa shape index (κ2) is 4.58. The lowest BCUT2D eigenvalue weighted by Crippen LogP contribution is -2.57. The minimum absolute atomic E-state index is 1.71. The van der Waals surface area contributed by atoms with Crippen LogP contribution in [0, 0.1) is 0 Å². The van der Waals surface area contributed by atoms with Crippen LogP contribution < -0.4 is 0 Å². The second-order valence-electron chi connectivity index (χ2n) is 3.05. The van der Waals surface area contributed by atoms with Crippen molar-refractivity contribution in [1.82, 2.24) is 0 Å². The van der Waals surface area contributed by atoms with Crippen molar-refractivity contribution in [2.45, 2.75) is 30.3 Å². The first-order valence-corrected chi connectivity index (χ1v) is 3.88. The Labute approximate surface area is 99.8 Å². The van der Waals surface area contributed by atoms with E-state index in [1.54, 1.807) is 4.74 Å². The van der Waals surface area contributed by atoms with Gasteiger partial charge in [-0.25, -0.2) is 4.79 Å². The highest BCUT2D eigenvalue weighted by Gasteiger charge is 2.78. The van der Waals surface area contributed by atoms with Crippen molar-refractivity contribution in [2.75, 3.05) is 0 Å². The molecule has 0 N–H and O–H groups in total. The topological polar surface area (TPSA) is 26.3 Å². The molecule has 0 unspecified atom stereocenters. The van der Waals surface area contributed by atoms with Gasteiger partial charge in [0, 0.05) is 0 Å². The molecule has 0 aromatic rings. The molecule has 0 radical (unpaired) electrons. The summed E-state index contributed by atoms with van der Waals surface area (Å²) in [6, 6.07) is 0. The van der Waals surface area contributed by atoms with E-state index in [2.05, 4.69) is 0 Å². The molecule has 14 heteroatoms. The number of carbonyl (C=O) groups excluding carboxylic acids is 1. The van der Waals surface area contributed by atoms with Crippen LogP contribution in [0.15, 0.2) is 0 Å². The van der Waals surface area contributed by atoms with E-state index in [1.807, 2.05) is 0 Å². The molecule has 120 valence electrons. The Kier molecular flexibility index (Phi) is 4.27. The quantitative estimate of drug-likeness (QED) is 0.584. The maximum Gasteiger partial charge on any atom is 0.476 e. The van der Waals surface area contributed by atoms with Crippen molar-refractivity contribution in [1.29, 1.82) is 0 Å². The minimum atomic E-state index is -7.17. The SMILES string of the molecule is O=C(OC(F)(F)C(F)(F)C(F)(F)F)C(F)(F)C(F)(F)F. The van der Waals surface area contributed by atoms with E-state index < -0.39 is 36.3 Å². The summed E-state index contributed by atoms with van der Waals surface area (Å²) >= 11 is 0. The number of hydrogen-bond donors (Lipinski definition) is 0. The van der Waals surface area contributed by atoms with Crippen LogP contribution in [0.5, 0.6) is 0 Å². The average Bonchev–Trinajstić information content (AvgIpc) is 2.12. The zero-order valence-electron chi connectivity index (χ0n) is 8.35. The summed E-state index contributed by atoms with van der Waals surface area (Å²) in [5, 5.41) is 0. The molecule has 0 heterocycles. The summed E-state index contributed by atoms with van der Waals surface area (Å²) < 4.78 is 143. The fourth-order valence-electron chi connectivity index (χ4n) is 0.525. The Morgan fingerprint density at radius 2 is 1.00 bits per heavy atom. The molecule has 0 rings (SSSR count). The maximum absolute atomic E-state index is 12.3. The Hall–Kier alpha value is -1.37. The van der Waals surface area contributed by atoms with E-state index in [0.29, 0.717) is 0 Å². The van der Waals surface area contributed by atoms with E-state index in [0.717, 1.165) is 0 Å². The number of carbonyl (C=O) groups is 1. The summed E-state index contributed by atoms with van der Waals surface area (Å²) in [6.45, 7) is 0. The molecular weight excluding hydrogens is 332 g/mol. The van der Waals surface area contributed by atoms with E-state index >= 15 is 0 Å². The van der Waals surface area contributed by atoms with Crippen molar-refractivity contribution >= 4 is 5.97 Å². The normalized spacial score (nSPS) is 15.2. The molecule has 0 fully saturated rings. The monoisotopic (exact) mass is 332 g/mol. The minimum Gasteiger partial charge on any atom is -0.391 e. The van der Waals surface area contributed by atoms with Gasteiger partial charge in [-0.1, -0.05) is 0 Å². The molecule has 20 heavy (non-hydrogen) atoms. The molecule has 0 aromatic heterocycles. The number of alkyl halides is 12. The van der Waals surface area contributed by atoms with Gasteiger partial charge in [0.05, 0.1) is 0 Å². The van der Waals surface area contributed by atoms with Gasteiger partial charge in [-0.2, -0.15) is 52.7 Å². The first-order valence-electron chi connectivity index (χ1n) is 3.88. The van der Waals surface area contributed by atoms with Gasteiger partial charge in [-0.15, -0.1) is 0 Å². The molecule has 0 saturated carbocycles. The molecule has 2 nitrogen and oxygen atoms in total. The molecule has 0 aliphatic heterocycles. The Morgan fingerprint density at radius 1 is 0.650 bits per heavy atom. The summed E-state index contributed by atoms with van der Waals surface area (Å²) in [5.41, 5.74) is 0. The van der Waals surface area contributed by atoms with Crippen molar-refractivity contribution in [3.8, 4) is 0 Å². The number of halogens is 12. The standard InChI is InChI=1S/C6F12O2/c7-2(8,4(11,12)13)1(19)20-6(17,18)3(9,10)5(14,15)16. The van der Waals surface area contributed by atoms with Crippen LogP contribution in [0.4, 0.5) is 52.7 Å². The predicted molar refractivity (Wildman–Crippen MR) is 33.0 cm³/mol. The Balaban J connectivity index is 5.38. The highest BCUT2D eigenvalue weighted by Crippen LogP contribution is 2.48. The maximum atomic E-state index is 12.3. The van der Waals surface area contributed by atoms with Gasteiger partial charge < -0.3 is 4.74 Å². The number of rotatable bonds is 3. The smallest absolute Gasteiger partial charge is 0.391 e. The predicted octanol–water partition coefficient (Wildman–Crippen LogP) is 3.52. The molecule has 0 atom stereocenters. The first kappa shape index (κ1) is 18.6. The summed E-state index contributed by atoms with van der Waals surface area (Å²) in [6.07, 6.45) is -20.9. The van der Waals surface area contributed by atoms with Gasteiger partial charge in [0.1, 0.15) is 0 Å². The number of hydrogen-bond acceptors (Lipinski definition) is 2. The average molecular weight is 332 g/mol. The molecule has 0 aliphatic carbocycles. The van der Waals surface area contributed by atoms with Crippen LogP contribution in [0.2, 0.25) is 0 Å². The van der Waals surface area contributed by atoms with Gasteiger partial charge in [-0.3, -0.25) is 0 Å². The van der Waals surface area contributed by atoms with E-state index in [4.69, 9.17) is 0 Å². The highest BCUT2D eigenvalue weighted by molar-refractivity contribution is 5.78. The summed E-state index contributed by atoms with van der Waals surface area (Å²) in [4.78, 5) is 10.0. The fourth-order valence-corrected chi connectivity index (χ4v) is 0.525. The molecule has 0 saturated heterocycles. The van der Waals surface area contributed by atoms with Crippen molar-refractivity contribution in [2.24, 2.45) is 0 Å². The van der Waals surface area contributed by atoms with Crippen LogP contribution in [-0.4, -0.2) is 36.3 Å². The van der Waals surface area contributed by atoms with Gasteiger partial charge in [0.25, 0.3) is 0 Å². The first-order chi connectivity index (χ1) is 8.38. The lowest BCUT2D eigenvalue weighted by atomic mass is 10.3. The largest absolute Gasteiger partial charge is 0.476 e. The van der Waals surface area contributed by atoms with Gasteiger partial charge in [0.15, 0.2) is 0 Å². The fraction of sp³-hybridized carbons (Fsp3) is 0.833. The van der Waals surface area contributed by atoms with Crippen LogP contribution in [-0.2, 0) is 9.53 Å². The van der Waals surface area contributed by atoms with Crippen LogP contribution in [0.1, 0.15) is 0 Å². The third-order valence-corrected chi connectivity index (χ3v) is 1.55. The van der Waals surface area contributed by atoms with E-state index in [-0.39, 0.29) is 0 Å². The molecule has 0 amide bonds. The Morgan fingerprint density at radius 3 is 1.25 bits per heavy atom. The summed E-state index contributed by atoms with van der Waals surface area (Å²) in [7, 11) is 0. The third kappa shape index (κ3) is 3.03. The van der Waals surface area contributed by atoms with Crippen molar-refractivity contribution in [3.05, 3.63) is 0 Å². The van der Waals surface area contributed by atoms with Crippen molar-refractivity contribution < 1.29 is 62.2 Å². The van der Waals surface area contributed by atoms with Crippen LogP contribution in [0.3, 0.4) is 0 Å². The molecule has 0 bridgehead atoms. The third-order valence-electron chi connectivity index (χ3n) is 1.55. The molecule has 0 aliphatic rings. The van der Waals surface area contributed by atoms with Crippen LogP contribution in [0.25, 0.3) is 0 Å². The molecular formula is C6F12O2. The Bertz CT molecular complexity index is 376. The lowest BCUT2D eigenvalue weighted by Gasteiger charge is -2.28. The summed E-state index contributed by atoms with van der Waals surface area (Å²) in [5.74, 6) is -18.2. The molecule has 0 spiro atoms. The number of ether oxygens (including phenoxy) is 1. The lowest BCUT2D eigenvalue weighted by molar-refractivity contribution is -0.417. The highest BCUT2D eigenvalue weighted by atomic mass is 19.4. The van der Waals surface area contributed by atoms with Gasteiger partial charge >= 0.3 is 36.3 Å². The van der Waals surface area contributed by atoms with Gasteiger partial charge in [0.2, 0.25) is 0 Å². The molecule has 0 aromatic carbocycles. The van der Waals surface area contributed by atoms with E-state index in [9.17, 15) is 57.5 Å². The number of esters is 1. The zero-order valence-corrected chi connectivity index (χ0v) is 8.35. The second-order valence-corrected chi connectivity index (χ2v) is 3.05. The van der Waals surface area contributed by atoms with Crippen molar-refractivity contribution in [3.63, 3.8) is 0 Å². The zero-order chi connectivity index (χ0) is 16.8.